The van der Waals surface area contributed by atoms with Crippen LogP contribution in [-0.2, 0) is 4.79 Å². The molecule has 0 bridgehead atoms. The van der Waals surface area contributed by atoms with Gasteiger partial charge in [-0.2, -0.15) is 0 Å². The Balaban J connectivity index is 1.48. The van der Waals surface area contributed by atoms with Gasteiger partial charge in [-0.15, -0.1) is 0 Å². The van der Waals surface area contributed by atoms with Crippen LogP contribution in [0.1, 0.15) is 17.9 Å². The van der Waals surface area contributed by atoms with Crippen LogP contribution < -0.4 is 10.6 Å². The lowest BCUT2D eigenvalue weighted by Gasteiger charge is -2.23. The Kier molecular flexibility index (Phi) is 4.50. The lowest BCUT2D eigenvalue weighted by atomic mass is 9.95. The summed E-state index contributed by atoms with van der Waals surface area (Å²) in [5.41, 5.74) is 8.57. The van der Waals surface area contributed by atoms with Gasteiger partial charge in [-0.1, -0.05) is 41.9 Å². The van der Waals surface area contributed by atoms with E-state index < -0.39 is 0 Å². The molecule has 4 nitrogen and oxygen atoms in total. The van der Waals surface area contributed by atoms with E-state index in [4.69, 9.17) is 17.3 Å². The summed E-state index contributed by atoms with van der Waals surface area (Å²) in [7, 11) is 0. The van der Waals surface area contributed by atoms with Gasteiger partial charge in [0.2, 0.25) is 5.91 Å². The van der Waals surface area contributed by atoms with Crippen molar-refractivity contribution >= 4 is 23.2 Å². The van der Waals surface area contributed by atoms with Crippen LogP contribution in [0.5, 0.6) is 0 Å². The van der Waals surface area contributed by atoms with Gasteiger partial charge in [-0.05, 0) is 36.2 Å². The van der Waals surface area contributed by atoms with Crippen LogP contribution >= 0.6 is 11.6 Å². The van der Waals surface area contributed by atoms with E-state index in [1.54, 1.807) is 0 Å². The average Bonchev–Trinajstić information content (AvgIpc) is 3.19. The van der Waals surface area contributed by atoms with E-state index in [2.05, 4.69) is 17.0 Å². The molecule has 2 aromatic carbocycles. The second-order valence-corrected chi connectivity index (χ2v) is 7.34. The Morgan fingerprint density at radius 3 is 2.44 bits per heavy atom. The highest BCUT2D eigenvalue weighted by molar-refractivity contribution is 6.30. The highest BCUT2D eigenvalue weighted by atomic mass is 35.5. The molecule has 5 heteroatoms. The smallest absolute Gasteiger partial charge is 0.244 e. The highest BCUT2D eigenvalue weighted by Crippen LogP contribution is 2.32. The Labute approximate surface area is 153 Å². The number of carbonyl (C=O) groups excluding carboxylic acids is 1. The van der Waals surface area contributed by atoms with Gasteiger partial charge in [0, 0.05) is 42.3 Å². The number of hydrogen-bond acceptors (Lipinski definition) is 3. The van der Waals surface area contributed by atoms with Gasteiger partial charge in [0.15, 0.2) is 0 Å². The van der Waals surface area contributed by atoms with Gasteiger partial charge < -0.3 is 10.6 Å². The van der Waals surface area contributed by atoms with E-state index in [0.717, 1.165) is 31.7 Å². The van der Waals surface area contributed by atoms with Gasteiger partial charge in [0.05, 0.1) is 6.04 Å². The molecular weight excluding hydrogens is 334 g/mol. The first-order chi connectivity index (χ1) is 12.1. The monoisotopic (exact) mass is 355 g/mol. The molecule has 0 aliphatic carbocycles. The van der Waals surface area contributed by atoms with Crippen LogP contribution in [-0.4, -0.2) is 42.5 Å². The van der Waals surface area contributed by atoms with Crippen LogP contribution in [0.25, 0.3) is 0 Å². The molecule has 130 valence electrons. The highest BCUT2D eigenvalue weighted by Gasteiger charge is 2.42. The minimum Gasteiger partial charge on any atom is -0.326 e. The molecule has 0 spiro atoms. The summed E-state index contributed by atoms with van der Waals surface area (Å²) in [4.78, 5) is 17.1. The number of anilines is 1. The van der Waals surface area contributed by atoms with Gasteiger partial charge in [0.1, 0.15) is 0 Å². The molecule has 2 fully saturated rings. The molecule has 0 radical (unpaired) electrons. The number of halogens is 1. The van der Waals surface area contributed by atoms with Gasteiger partial charge >= 0.3 is 0 Å². The third-order valence-electron chi connectivity index (χ3n) is 5.38. The fourth-order valence-corrected chi connectivity index (χ4v) is 4.17. The number of carbonyl (C=O) groups is 1. The molecule has 2 heterocycles. The predicted molar refractivity (Wildman–Crippen MR) is 101 cm³/mol. The van der Waals surface area contributed by atoms with Crippen LogP contribution in [0.4, 0.5) is 5.69 Å². The Morgan fingerprint density at radius 1 is 1.00 bits per heavy atom. The molecule has 3 atom stereocenters. The van der Waals surface area contributed by atoms with Crippen molar-refractivity contribution in [2.24, 2.45) is 5.73 Å². The van der Waals surface area contributed by atoms with Crippen LogP contribution in [0.2, 0.25) is 5.02 Å². The molecule has 2 saturated heterocycles. The molecule has 1 unspecified atom stereocenters. The summed E-state index contributed by atoms with van der Waals surface area (Å²) in [6.45, 7) is 2.35. The van der Waals surface area contributed by atoms with Crippen molar-refractivity contribution in [1.29, 1.82) is 0 Å². The molecule has 0 aromatic heterocycles. The molecule has 25 heavy (non-hydrogen) atoms. The molecular formula is C20H22ClN3O. The maximum Gasteiger partial charge on any atom is 0.244 e. The molecule has 2 aliphatic heterocycles. The molecule has 0 saturated carbocycles. The van der Waals surface area contributed by atoms with Crippen LogP contribution in [0, 0.1) is 0 Å². The maximum atomic E-state index is 12.9. The van der Waals surface area contributed by atoms with E-state index in [-0.39, 0.29) is 18.0 Å². The van der Waals surface area contributed by atoms with Crippen molar-refractivity contribution in [2.75, 3.05) is 24.5 Å². The molecule has 1 amide bonds. The van der Waals surface area contributed by atoms with Crippen molar-refractivity contribution in [2.45, 2.75) is 24.4 Å². The number of nitrogens with two attached hydrogens (primary N) is 1. The normalized spacial score (nSPS) is 27.2. The van der Waals surface area contributed by atoms with Crippen molar-refractivity contribution < 1.29 is 4.79 Å². The topological polar surface area (TPSA) is 49.6 Å². The van der Waals surface area contributed by atoms with Crippen molar-refractivity contribution in [3.05, 3.63) is 65.2 Å². The summed E-state index contributed by atoms with van der Waals surface area (Å²) >= 11 is 5.95. The van der Waals surface area contributed by atoms with Gasteiger partial charge in [-0.25, -0.2) is 0 Å². The van der Waals surface area contributed by atoms with E-state index in [1.165, 1.54) is 5.56 Å². The number of hydrogen-bond donors (Lipinski definition) is 1. The molecule has 2 aromatic rings. The zero-order chi connectivity index (χ0) is 17.4. The summed E-state index contributed by atoms with van der Waals surface area (Å²) in [6, 6.07) is 17.8. The third-order valence-corrected chi connectivity index (χ3v) is 5.63. The van der Waals surface area contributed by atoms with E-state index in [0.29, 0.717) is 10.9 Å². The molecule has 2 N–H and O–H groups in total. The van der Waals surface area contributed by atoms with Gasteiger partial charge in [0.25, 0.3) is 0 Å². The maximum absolute atomic E-state index is 12.9. The quantitative estimate of drug-likeness (QED) is 0.921. The lowest BCUT2D eigenvalue weighted by molar-refractivity contribution is -0.121. The van der Waals surface area contributed by atoms with E-state index >= 15 is 0 Å². The Bertz CT molecular complexity index is 749. The number of amides is 1. The number of rotatable bonds is 3. The summed E-state index contributed by atoms with van der Waals surface area (Å²) < 4.78 is 0. The first-order valence-electron chi connectivity index (χ1n) is 8.75. The number of nitrogens with zero attached hydrogens (tertiary/aromatic N) is 2. The third kappa shape index (κ3) is 3.17. The largest absolute Gasteiger partial charge is 0.326 e. The number of benzene rings is 2. The van der Waals surface area contributed by atoms with Crippen molar-refractivity contribution in [1.82, 2.24) is 4.90 Å². The fourth-order valence-electron chi connectivity index (χ4n) is 4.05. The first-order valence-corrected chi connectivity index (χ1v) is 9.13. The minimum atomic E-state index is -0.0737. The van der Waals surface area contributed by atoms with Crippen LogP contribution in [0.15, 0.2) is 54.6 Å². The van der Waals surface area contributed by atoms with Crippen LogP contribution in [0.3, 0.4) is 0 Å². The summed E-state index contributed by atoms with van der Waals surface area (Å²) in [5.74, 6) is 0.460. The fraction of sp³-hybridized carbons (Fsp3) is 0.350. The van der Waals surface area contributed by atoms with Crippen molar-refractivity contribution in [3.8, 4) is 0 Å². The Morgan fingerprint density at radius 2 is 1.72 bits per heavy atom. The zero-order valence-electron chi connectivity index (χ0n) is 14.0. The lowest BCUT2D eigenvalue weighted by Crippen LogP contribution is -2.41. The predicted octanol–water partition coefficient (Wildman–Crippen LogP) is 2.87. The first kappa shape index (κ1) is 16.6. The SMILES string of the molecule is N[C@@H]1CN(C2CCN(c3ccc(Cl)cc3)C2=O)C[C@H]1c1ccccc1. The molecule has 2 aliphatic rings. The molecule has 4 rings (SSSR count). The number of likely N-dealkylation sites (tertiary alicyclic amines) is 1. The summed E-state index contributed by atoms with van der Waals surface area (Å²) in [6.07, 6.45) is 0.843. The second kappa shape index (κ2) is 6.79. The standard InChI is InChI=1S/C20H22ClN3O/c21-15-6-8-16(9-7-15)24-11-10-19(20(24)25)23-12-17(18(22)13-23)14-4-2-1-3-5-14/h1-9,17-19H,10-13,22H2/t17-,18+,19?/m0/s1. The summed E-state index contributed by atoms with van der Waals surface area (Å²) in [5, 5.41) is 0.683. The van der Waals surface area contributed by atoms with E-state index in [9.17, 15) is 4.79 Å². The minimum absolute atomic E-state index is 0.0692. The van der Waals surface area contributed by atoms with E-state index in [1.807, 2.05) is 47.4 Å². The average molecular weight is 356 g/mol. The van der Waals surface area contributed by atoms with Gasteiger partial charge in [-0.3, -0.25) is 9.69 Å². The second-order valence-electron chi connectivity index (χ2n) is 6.91. The Hall–Kier alpha value is -1.88. The van der Waals surface area contributed by atoms with Crippen molar-refractivity contribution in [3.63, 3.8) is 0 Å². The zero-order valence-corrected chi connectivity index (χ0v) is 14.8.